The zero-order valence-corrected chi connectivity index (χ0v) is 8.52. The van der Waals surface area contributed by atoms with Gasteiger partial charge in [-0.1, -0.05) is 4.73 Å². The lowest BCUT2D eigenvalue weighted by Gasteiger charge is -2.00. The van der Waals surface area contributed by atoms with Crippen LogP contribution in [0.25, 0.3) is 10.9 Å². The first kappa shape index (κ1) is 10.6. The topological polar surface area (TPSA) is 112 Å². The van der Waals surface area contributed by atoms with Gasteiger partial charge in [0.1, 0.15) is 0 Å². The third kappa shape index (κ3) is 1.53. The Balaban J connectivity index is 2.92. The fraction of sp³-hybridized carbons (Fsp3) is 0. The zero-order valence-electron chi connectivity index (χ0n) is 7.71. The van der Waals surface area contributed by atoms with Crippen molar-refractivity contribution in [1.82, 2.24) is 9.71 Å². The predicted molar refractivity (Wildman–Crippen MR) is 55.1 cm³/mol. The molecule has 0 aliphatic heterocycles. The van der Waals surface area contributed by atoms with Crippen LogP contribution in [0.5, 0.6) is 0 Å². The summed E-state index contributed by atoms with van der Waals surface area (Å²) in [7, 11) is 0. The second-order valence-corrected chi connectivity index (χ2v) is 3.97. The van der Waals surface area contributed by atoms with Gasteiger partial charge in [0.25, 0.3) is 5.56 Å². The molecule has 0 saturated carbocycles. The Morgan fingerprint density at radius 2 is 2.00 bits per heavy atom. The summed E-state index contributed by atoms with van der Waals surface area (Å²) >= 11 is -2.20. The highest BCUT2D eigenvalue weighted by Crippen LogP contribution is 2.11. The molecule has 1 aromatic carbocycles. The Morgan fingerprint density at radius 1 is 1.31 bits per heavy atom. The molecular formula is C8H6N2O5S. The van der Waals surface area contributed by atoms with Gasteiger partial charge in [-0.2, -0.15) is 0 Å². The number of aromatic amines is 1. The van der Waals surface area contributed by atoms with Crippen LogP contribution in [0.1, 0.15) is 0 Å². The molecule has 0 radical (unpaired) electrons. The molecule has 16 heavy (non-hydrogen) atoms. The largest absolute Gasteiger partial charge is 0.421 e. The minimum Gasteiger partial charge on any atom is -0.421 e. The van der Waals surface area contributed by atoms with Crippen LogP contribution in [-0.2, 0) is 11.1 Å². The Labute approximate surface area is 90.2 Å². The molecule has 0 aliphatic carbocycles. The molecule has 84 valence electrons. The maximum absolute atomic E-state index is 11.4. The molecule has 1 unspecified atom stereocenters. The van der Waals surface area contributed by atoms with Crippen molar-refractivity contribution in [3.8, 4) is 0 Å². The lowest BCUT2D eigenvalue weighted by atomic mass is 10.2. The van der Waals surface area contributed by atoms with Crippen molar-refractivity contribution in [2.45, 2.75) is 4.90 Å². The summed E-state index contributed by atoms with van der Waals surface area (Å²) in [5.74, 6) is 0. The minimum absolute atomic E-state index is 0.0521. The smallest absolute Gasteiger partial charge is 0.362 e. The second kappa shape index (κ2) is 3.58. The van der Waals surface area contributed by atoms with Crippen molar-refractivity contribution in [3.05, 3.63) is 39.0 Å². The number of hydrogen-bond acceptors (Lipinski definition) is 4. The van der Waals surface area contributed by atoms with E-state index in [9.17, 15) is 13.8 Å². The van der Waals surface area contributed by atoms with Crippen LogP contribution in [0, 0.1) is 0 Å². The van der Waals surface area contributed by atoms with Crippen LogP contribution in [0.4, 0.5) is 0 Å². The average Bonchev–Trinajstić information content (AvgIpc) is 2.25. The molecule has 3 N–H and O–H groups in total. The first-order valence-electron chi connectivity index (χ1n) is 4.10. The van der Waals surface area contributed by atoms with Crippen molar-refractivity contribution in [1.29, 1.82) is 0 Å². The van der Waals surface area contributed by atoms with Crippen LogP contribution in [0.3, 0.4) is 0 Å². The molecule has 1 atom stereocenters. The van der Waals surface area contributed by atoms with Crippen molar-refractivity contribution in [2.75, 3.05) is 0 Å². The van der Waals surface area contributed by atoms with Gasteiger partial charge in [-0.25, -0.2) is 9.00 Å². The lowest BCUT2D eigenvalue weighted by molar-refractivity contribution is 0.162. The van der Waals surface area contributed by atoms with E-state index >= 15 is 0 Å². The molecule has 0 spiro atoms. The quantitative estimate of drug-likeness (QED) is 0.461. The molecule has 0 aliphatic rings. The summed E-state index contributed by atoms with van der Waals surface area (Å²) < 4.78 is 19.5. The van der Waals surface area contributed by atoms with Crippen LogP contribution in [0.15, 0.2) is 32.7 Å². The maximum atomic E-state index is 11.4. The van der Waals surface area contributed by atoms with Gasteiger partial charge < -0.3 is 14.7 Å². The number of rotatable bonds is 1. The molecule has 0 fully saturated rings. The molecule has 0 bridgehead atoms. The van der Waals surface area contributed by atoms with Crippen molar-refractivity contribution < 1.29 is 14.0 Å². The van der Waals surface area contributed by atoms with Gasteiger partial charge in [0, 0.05) is 0 Å². The molecule has 0 saturated heterocycles. The number of nitrogens with one attached hydrogen (secondary N) is 1. The maximum Gasteiger partial charge on any atom is 0.362 e. The monoisotopic (exact) mass is 242 g/mol. The van der Waals surface area contributed by atoms with Gasteiger partial charge in [0.2, 0.25) is 0 Å². The standard InChI is InChI=1S/C8H6N2O5S/c11-7-5-2-1-4(16(14)15)3-6(5)9-8(12)10(7)13/h1-3,13H,(H,9,12)(H,14,15). The summed E-state index contributed by atoms with van der Waals surface area (Å²) in [5.41, 5.74) is -1.78. The molecule has 7 nitrogen and oxygen atoms in total. The summed E-state index contributed by atoms with van der Waals surface area (Å²) in [6, 6.07) is 3.72. The summed E-state index contributed by atoms with van der Waals surface area (Å²) in [4.78, 5) is 24.7. The van der Waals surface area contributed by atoms with E-state index in [1.165, 1.54) is 18.2 Å². The third-order valence-electron chi connectivity index (χ3n) is 2.05. The number of fused-ring (bicyclic) bond motifs is 1. The van der Waals surface area contributed by atoms with E-state index in [1.807, 2.05) is 0 Å². The first-order chi connectivity index (χ1) is 7.50. The van der Waals surface area contributed by atoms with Crippen molar-refractivity contribution >= 4 is 22.0 Å². The van der Waals surface area contributed by atoms with E-state index < -0.39 is 22.3 Å². The van der Waals surface area contributed by atoms with Gasteiger partial charge >= 0.3 is 5.69 Å². The molecule has 2 rings (SSSR count). The Morgan fingerprint density at radius 3 is 2.62 bits per heavy atom. The number of aromatic nitrogens is 2. The molecule has 1 aromatic heterocycles. The zero-order chi connectivity index (χ0) is 11.9. The van der Waals surface area contributed by atoms with Gasteiger partial charge in [-0.15, -0.1) is 0 Å². The number of hydrogen-bond donors (Lipinski definition) is 3. The van der Waals surface area contributed by atoms with Gasteiger partial charge in [0.15, 0.2) is 11.1 Å². The fourth-order valence-electron chi connectivity index (χ4n) is 1.30. The third-order valence-corrected chi connectivity index (χ3v) is 2.71. The SMILES string of the molecule is O=c1[nH]c2cc(S(=O)O)ccc2c(=O)n1O. The van der Waals surface area contributed by atoms with E-state index in [2.05, 4.69) is 4.98 Å². The lowest BCUT2D eigenvalue weighted by Crippen LogP contribution is -2.33. The molecule has 2 aromatic rings. The van der Waals surface area contributed by atoms with Gasteiger partial charge in [-0.05, 0) is 18.2 Å². The molecule has 0 amide bonds. The predicted octanol–water partition coefficient (Wildman–Crippen LogP) is -0.492. The van der Waals surface area contributed by atoms with Crippen LogP contribution in [-0.4, -0.2) is 23.7 Å². The van der Waals surface area contributed by atoms with Crippen LogP contribution in [0.2, 0.25) is 0 Å². The Bertz CT molecular complexity index is 702. The van der Waals surface area contributed by atoms with E-state index in [-0.39, 0.29) is 20.5 Å². The van der Waals surface area contributed by atoms with Crippen LogP contribution >= 0.6 is 0 Å². The highest BCUT2D eigenvalue weighted by Gasteiger charge is 2.08. The average molecular weight is 242 g/mol. The molecule has 1 heterocycles. The number of H-pyrrole nitrogens is 1. The van der Waals surface area contributed by atoms with E-state index in [1.54, 1.807) is 0 Å². The van der Waals surface area contributed by atoms with Gasteiger partial charge in [0.05, 0.1) is 15.8 Å². The first-order valence-corrected chi connectivity index (χ1v) is 5.20. The number of nitrogens with zero attached hydrogens (tertiary/aromatic N) is 1. The number of benzene rings is 1. The fourth-order valence-corrected chi connectivity index (χ4v) is 1.70. The van der Waals surface area contributed by atoms with Crippen molar-refractivity contribution in [3.63, 3.8) is 0 Å². The molecule has 8 heteroatoms. The molecular weight excluding hydrogens is 236 g/mol. The minimum atomic E-state index is -2.20. The van der Waals surface area contributed by atoms with E-state index in [4.69, 9.17) is 9.76 Å². The second-order valence-electron chi connectivity index (χ2n) is 3.00. The Hall–Kier alpha value is -1.93. The van der Waals surface area contributed by atoms with E-state index in [0.29, 0.717) is 0 Å². The highest BCUT2D eigenvalue weighted by molar-refractivity contribution is 7.79. The normalized spacial score (nSPS) is 12.8. The van der Waals surface area contributed by atoms with Crippen molar-refractivity contribution in [2.24, 2.45) is 0 Å². The van der Waals surface area contributed by atoms with Crippen LogP contribution < -0.4 is 11.2 Å². The van der Waals surface area contributed by atoms with Gasteiger partial charge in [-0.3, -0.25) is 4.79 Å². The Kier molecular flexibility index (Phi) is 2.37. The summed E-state index contributed by atoms with van der Waals surface area (Å²) in [6.07, 6.45) is 0. The summed E-state index contributed by atoms with van der Waals surface area (Å²) in [5, 5.41) is 9.09. The summed E-state index contributed by atoms with van der Waals surface area (Å²) in [6.45, 7) is 0. The highest BCUT2D eigenvalue weighted by atomic mass is 32.2. The van der Waals surface area contributed by atoms with E-state index in [0.717, 1.165) is 0 Å².